The molecule has 4 nitrogen and oxygen atoms in total. The number of anilines is 1. The maximum absolute atomic E-state index is 10.9. The van der Waals surface area contributed by atoms with Crippen molar-refractivity contribution >= 4 is 17.4 Å². The van der Waals surface area contributed by atoms with Crippen LogP contribution in [0, 0.1) is 0 Å². The monoisotopic (exact) mass is 244 g/mol. The van der Waals surface area contributed by atoms with E-state index in [1.165, 1.54) is 24.6 Å². The third kappa shape index (κ3) is 1.88. The maximum Gasteiger partial charge on any atom is 0.331 e. The van der Waals surface area contributed by atoms with Crippen molar-refractivity contribution in [3.05, 3.63) is 29.3 Å². The summed E-state index contributed by atoms with van der Waals surface area (Å²) in [4.78, 5) is 18.1. The van der Waals surface area contributed by atoms with Crippen molar-refractivity contribution in [2.24, 2.45) is 5.16 Å². The first kappa shape index (κ1) is 11.3. The Kier molecular flexibility index (Phi) is 2.78. The molecule has 0 saturated carbocycles. The topological polar surface area (TPSA) is 41.9 Å². The molecule has 0 bridgehead atoms. The van der Waals surface area contributed by atoms with E-state index in [9.17, 15) is 4.79 Å². The molecule has 0 fully saturated rings. The van der Waals surface area contributed by atoms with E-state index in [0.717, 1.165) is 37.2 Å². The molecule has 0 amide bonds. The number of benzene rings is 1. The number of aryl methyl sites for hydroxylation is 1. The SMILES string of the molecule is CC(=O)O/N=C1\CCN2CCCc3cccc1c32. The van der Waals surface area contributed by atoms with Crippen molar-refractivity contribution in [2.75, 3.05) is 18.0 Å². The summed E-state index contributed by atoms with van der Waals surface area (Å²) in [5.74, 6) is -0.366. The molecule has 3 rings (SSSR count). The zero-order valence-electron chi connectivity index (χ0n) is 10.5. The average Bonchev–Trinajstić information content (AvgIpc) is 2.38. The van der Waals surface area contributed by atoms with Crippen molar-refractivity contribution < 1.29 is 9.63 Å². The van der Waals surface area contributed by atoms with Crippen LogP contribution in [0.2, 0.25) is 0 Å². The van der Waals surface area contributed by atoms with Crippen LogP contribution in [-0.4, -0.2) is 24.8 Å². The maximum atomic E-state index is 10.9. The second-order valence-electron chi connectivity index (χ2n) is 4.77. The van der Waals surface area contributed by atoms with E-state index in [-0.39, 0.29) is 5.97 Å². The fourth-order valence-corrected chi connectivity index (χ4v) is 2.78. The summed E-state index contributed by atoms with van der Waals surface area (Å²) in [6, 6.07) is 6.31. The van der Waals surface area contributed by atoms with Crippen LogP contribution >= 0.6 is 0 Å². The summed E-state index contributed by atoms with van der Waals surface area (Å²) in [5.41, 5.74) is 4.69. The van der Waals surface area contributed by atoms with Crippen LogP contribution in [0.25, 0.3) is 0 Å². The van der Waals surface area contributed by atoms with E-state index in [0.29, 0.717) is 0 Å². The van der Waals surface area contributed by atoms with Gasteiger partial charge in [0.05, 0.1) is 5.71 Å². The minimum Gasteiger partial charge on any atom is -0.370 e. The second-order valence-corrected chi connectivity index (χ2v) is 4.77. The molecule has 0 aliphatic carbocycles. The second kappa shape index (κ2) is 4.44. The number of nitrogens with zero attached hydrogens (tertiary/aromatic N) is 2. The Bertz CT molecular complexity index is 523. The van der Waals surface area contributed by atoms with Gasteiger partial charge in [0.2, 0.25) is 0 Å². The van der Waals surface area contributed by atoms with Crippen molar-refractivity contribution in [3.8, 4) is 0 Å². The van der Waals surface area contributed by atoms with Gasteiger partial charge in [0, 0.05) is 37.7 Å². The normalized spacial score (nSPS) is 19.6. The number of oxime groups is 1. The molecule has 0 radical (unpaired) electrons. The van der Waals surface area contributed by atoms with Crippen LogP contribution in [0.3, 0.4) is 0 Å². The van der Waals surface area contributed by atoms with Crippen LogP contribution < -0.4 is 4.90 Å². The predicted octanol–water partition coefficient (Wildman–Crippen LogP) is 2.11. The van der Waals surface area contributed by atoms with Crippen molar-refractivity contribution in [3.63, 3.8) is 0 Å². The Hall–Kier alpha value is -1.84. The Morgan fingerprint density at radius 3 is 3.06 bits per heavy atom. The van der Waals surface area contributed by atoms with Gasteiger partial charge in [-0.3, -0.25) is 0 Å². The van der Waals surface area contributed by atoms with E-state index in [2.05, 4.69) is 28.3 Å². The van der Waals surface area contributed by atoms with Crippen molar-refractivity contribution in [2.45, 2.75) is 26.2 Å². The molecular formula is C14H16N2O2. The van der Waals surface area contributed by atoms with Crippen LogP contribution in [0.4, 0.5) is 5.69 Å². The third-order valence-electron chi connectivity index (χ3n) is 3.52. The number of carbonyl (C=O) groups excluding carboxylic acids is 1. The van der Waals surface area contributed by atoms with Gasteiger partial charge in [0.15, 0.2) is 0 Å². The lowest BCUT2D eigenvalue weighted by atomic mass is 9.91. The highest BCUT2D eigenvalue weighted by atomic mass is 16.7. The van der Waals surface area contributed by atoms with Crippen molar-refractivity contribution in [1.82, 2.24) is 0 Å². The summed E-state index contributed by atoms with van der Waals surface area (Å²) < 4.78 is 0. The largest absolute Gasteiger partial charge is 0.370 e. The van der Waals surface area contributed by atoms with Crippen LogP contribution in [0.1, 0.15) is 30.9 Å². The minimum atomic E-state index is -0.366. The standard InChI is InChI=1S/C14H16N2O2/c1-10(17)18-15-13-7-9-16-8-3-5-11-4-2-6-12(13)14(11)16/h2,4,6H,3,5,7-9H2,1H3/b15-13+. The van der Waals surface area contributed by atoms with E-state index in [1.807, 2.05) is 0 Å². The molecular weight excluding hydrogens is 228 g/mol. The Labute approximate surface area is 106 Å². The highest BCUT2D eigenvalue weighted by Crippen LogP contribution is 2.35. The summed E-state index contributed by atoms with van der Waals surface area (Å²) >= 11 is 0. The number of carbonyl (C=O) groups is 1. The number of hydrogen-bond donors (Lipinski definition) is 0. The molecule has 1 aromatic rings. The number of rotatable bonds is 1. The van der Waals surface area contributed by atoms with Crippen molar-refractivity contribution in [1.29, 1.82) is 0 Å². The van der Waals surface area contributed by atoms with Gasteiger partial charge in [-0.05, 0) is 18.4 Å². The summed E-state index contributed by atoms with van der Waals surface area (Å²) in [6.07, 6.45) is 3.18. The highest BCUT2D eigenvalue weighted by molar-refractivity contribution is 6.07. The predicted molar refractivity (Wildman–Crippen MR) is 69.9 cm³/mol. The van der Waals surface area contributed by atoms with E-state index in [4.69, 9.17) is 4.84 Å². The highest BCUT2D eigenvalue weighted by Gasteiger charge is 2.27. The molecule has 0 atom stereocenters. The first-order chi connectivity index (χ1) is 8.75. The van der Waals surface area contributed by atoms with Gasteiger partial charge in [-0.25, -0.2) is 4.79 Å². The Morgan fingerprint density at radius 2 is 2.22 bits per heavy atom. The van der Waals surface area contributed by atoms with Gasteiger partial charge in [0.1, 0.15) is 0 Å². The average molecular weight is 244 g/mol. The molecule has 2 heterocycles. The van der Waals surface area contributed by atoms with Gasteiger partial charge in [-0.2, -0.15) is 0 Å². The summed E-state index contributed by atoms with van der Waals surface area (Å²) in [7, 11) is 0. The zero-order chi connectivity index (χ0) is 12.5. The lowest BCUT2D eigenvalue weighted by molar-refractivity contribution is -0.140. The molecule has 94 valence electrons. The molecule has 0 aromatic heterocycles. The Balaban J connectivity index is 2.03. The van der Waals surface area contributed by atoms with Gasteiger partial charge in [-0.15, -0.1) is 0 Å². The van der Waals surface area contributed by atoms with Gasteiger partial charge in [0.25, 0.3) is 0 Å². The molecule has 0 saturated heterocycles. The van der Waals surface area contributed by atoms with E-state index < -0.39 is 0 Å². The lowest BCUT2D eigenvalue weighted by Gasteiger charge is -2.36. The molecule has 4 heteroatoms. The van der Waals surface area contributed by atoms with Gasteiger partial charge < -0.3 is 9.74 Å². The quantitative estimate of drug-likeness (QED) is 0.561. The number of hydrogen-bond acceptors (Lipinski definition) is 4. The van der Waals surface area contributed by atoms with E-state index in [1.54, 1.807) is 0 Å². The summed E-state index contributed by atoms with van der Waals surface area (Å²) in [5, 5.41) is 4.00. The van der Waals surface area contributed by atoms with Crippen LogP contribution in [0.15, 0.2) is 23.4 Å². The Morgan fingerprint density at radius 1 is 1.33 bits per heavy atom. The lowest BCUT2D eigenvalue weighted by Crippen LogP contribution is -2.36. The third-order valence-corrected chi connectivity index (χ3v) is 3.52. The molecule has 0 unspecified atom stereocenters. The molecule has 18 heavy (non-hydrogen) atoms. The number of para-hydroxylation sites is 1. The zero-order valence-corrected chi connectivity index (χ0v) is 10.5. The molecule has 0 N–H and O–H groups in total. The van der Waals surface area contributed by atoms with Crippen LogP contribution in [0.5, 0.6) is 0 Å². The molecule has 1 aromatic carbocycles. The molecule has 0 spiro atoms. The fourth-order valence-electron chi connectivity index (χ4n) is 2.78. The fraction of sp³-hybridized carbons (Fsp3) is 0.429. The minimum absolute atomic E-state index is 0.366. The van der Waals surface area contributed by atoms with Crippen LogP contribution in [-0.2, 0) is 16.1 Å². The van der Waals surface area contributed by atoms with Gasteiger partial charge >= 0.3 is 5.97 Å². The molecule has 2 aliphatic rings. The van der Waals surface area contributed by atoms with E-state index >= 15 is 0 Å². The first-order valence-corrected chi connectivity index (χ1v) is 6.37. The first-order valence-electron chi connectivity index (χ1n) is 6.37. The smallest absolute Gasteiger partial charge is 0.331 e. The van der Waals surface area contributed by atoms with Gasteiger partial charge in [-0.1, -0.05) is 23.4 Å². The molecule has 2 aliphatic heterocycles. The summed E-state index contributed by atoms with van der Waals surface area (Å²) in [6.45, 7) is 3.45.